The number of nitrogens with one attached hydrogen (secondary N) is 2. The molecule has 5 N–H and O–H groups in total. The van der Waals surface area contributed by atoms with Crippen LogP contribution in [0.25, 0.3) is 11.2 Å². The molecule has 0 spiro atoms. The number of carbonyl (C=O) groups is 1. The van der Waals surface area contributed by atoms with E-state index in [1.54, 1.807) is 11.5 Å². The first-order valence-corrected chi connectivity index (χ1v) is 11.3. The average Bonchev–Trinajstić information content (AvgIpc) is 3.14. The summed E-state index contributed by atoms with van der Waals surface area (Å²) in [4.78, 5) is 25.2. The number of primary amides is 1. The molecule has 0 unspecified atom stereocenters. The number of anilines is 3. The van der Waals surface area contributed by atoms with Crippen molar-refractivity contribution in [3.05, 3.63) is 35.0 Å². The van der Waals surface area contributed by atoms with Crippen molar-refractivity contribution in [3.63, 3.8) is 0 Å². The third-order valence-electron chi connectivity index (χ3n) is 6.34. The van der Waals surface area contributed by atoms with Crippen LogP contribution < -0.4 is 16.4 Å². The zero-order valence-electron chi connectivity index (χ0n) is 18.8. The highest BCUT2D eigenvalue weighted by Crippen LogP contribution is 2.43. The quantitative estimate of drug-likeness (QED) is 0.392. The molecule has 0 saturated heterocycles. The van der Waals surface area contributed by atoms with E-state index in [-0.39, 0.29) is 47.2 Å². The lowest BCUT2D eigenvalue weighted by Gasteiger charge is -2.35. The first kappa shape index (κ1) is 24.1. The van der Waals surface area contributed by atoms with Crippen LogP contribution in [0.15, 0.2) is 18.3 Å². The van der Waals surface area contributed by atoms with Gasteiger partial charge in [0.25, 0.3) is 0 Å². The maximum atomic E-state index is 14.5. The van der Waals surface area contributed by atoms with Crippen LogP contribution >= 0.6 is 11.6 Å². The fraction of sp³-hybridized carbons (Fsp3) is 0.455. The van der Waals surface area contributed by atoms with E-state index < -0.39 is 17.0 Å². The number of halogens is 3. The fourth-order valence-corrected chi connectivity index (χ4v) is 4.37. The van der Waals surface area contributed by atoms with Gasteiger partial charge < -0.3 is 21.5 Å². The Balaban J connectivity index is 1.78. The molecule has 12 heteroatoms. The van der Waals surface area contributed by atoms with Crippen molar-refractivity contribution < 1.29 is 18.7 Å². The minimum Gasteiger partial charge on any atom is -0.394 e. The van der Waals surface area contributed by atoms with E-state index in [0.717, 1.165) is 12.1 Å². The number of amides is 1. The van der Waals surface area contributed by atoms with E-state index in [1.807, 2.05) is 6.92 Å². The van der Waals surface area contributed by atoms with Crippen molar-refractivity contribution in [1.82, 2.24) is 19.5 Å². The van der Waals surface area contributed by atoms with E-state index >= 15 is 0 Å². The van der Waals surface area contributed by atoms with Gasteiger partial charge in [0.05, 0.1) is 12.8 Å². The highest BCUT2D eigenvalue weighted by molar-refractivity contribution is 6.30. The summed E-state index contributed by atoms with van der Waals surface area (Å²) in [7, 11) is 0. The SMILES string of the molecule is C[C@@H](CO)Nc1ncc2nc(Nc3c(F)cc(Cl)cc3F)n(C3CCC(C)(C(N)=O)CC3)c2n1. The molecule has 0 bridgehead atoms. The molecule has 0 radical (unpaired) electrons. The topological polar surface area (TPSA) is 131 Å². The molecule has 1 fully saturated rings. The Morgan fingerprint density at radius 1 is 1.32 bits per heavy atom. The first-order valence-electron chi connectivity index (χ1n) is 10.9. The number of nitrogens with two attached hydrogens (primary N) is 1. The molecule has 1 aromatic carbocycles. The summed E-state index contributed by atoms with van der Waals surface area (Å²) in [5, 5.41) is 15.0. The smallest absolute Gasteiger partial charge is 0.225 e. The van der Waals surface area contributed by atoms with Crippen molar-refractivity contribution in [1.29, 1.82) is 0 Å². The summed E-state index contributed by atoms with van der Waals surface area (Å²) >= 11 is 5.76. The summed E-state index contributed by atoms with van der Waals surface area (Å²) in [5.41, 5.74) is 5.46. The third-order valence-corrected chi connectivity index (χ3v) is 6.56. The number of benzene rings is 1. The second kappa shape index (κ2) is 9.30. The van der Waals surface area contributed by atoms with Gasteiger partial charge in [-0.15, -0.1) is 0 Å². The van der Waals surface area contributed by atoms with Crippen LogP contribution in [0.2, 0.25) is 5.02 Å². The van der Waals surface area contributed by atoms with Crippen LogP contribution in [0, 0.1) is 17.0 Å². The minimum atomic E-state index is -0.862. The Kier molecular flexibility index (Phi) is 6.59. The predicted molar refractivity (Wildman–Crippen MR) is 125 cm³/mol. The largest absolute Gasteiger partial charge is 0.394 e. The molecular formula is C22H26ClF2N7O2. The number of aliphatic hydroxyl groups excluding tert-OH is 1. The summed E-state index contributed by atoms with van der Waals surface area (Å²) < 4.78 is 30.8. The average molecular weight is 494 g/mol. The lowest BCUT2D eigenvalue weighted by Crippen LogP contribution is -2.38. The Bertz CT molecular complexity index is 1200. The van der Waals surface area contributed by atoms with Crippen molar-refractivity contribution in [2.75, 3.05) is 17.2 Å². The molecule has 2 aromatic heterocycles. The number of hydrogen-bond acceptors (Lipinski definition) is 7. The number of aromatic nitrogens is 4. The minimum absolute atomic E-state index is 0.0633. The van der Waals surface area contributed by atoms with Crippen molar-refractivity contribution >= 4 is 46.3 Å². The molecule has 3 aromatic rings. The summed E-state index contributed by atoms with van der Waals surface area (Å²) in [6.45, 7) is 3.50. The lowest BCUT2D eigenvalue weighted by atomic mass is 9.73. The van der Waals surface area contributed by atoms with Gasteiger partial charge in [-0.1, -0.05) is 18.5 Å². The van der Waals surface area contributed by atoms with E-state index in [4.69, 9.17) is 17.3 Å². The number of aliphatic hydroxyl groups is 1. The maximum Gasteiger partial charge on any atom is 0.225 e. The van der Waals surface area contributed by atoms with Crippen LogP contribution in [-0.2, 0) is 4.79 Å². The van der Waals surface area contributed by atoms with E-state index in [1.165, 1.54) is 6.20 Å². The van der Waals surface area contributed by atoms with Gasteiger partial charge in [-0.25, -0.2) is 18.7 Å². The maximum absolute atomic E-state index is 14.5. The predicted octanol–water partition coefficient (Wildman–Crippen LogP) is 3.90. The van der Waals surface area contributed by atoms with Crippen LogP contribution in [-0.4, -0.2) is 43.2 Å². The van der Waals surface area contributed by atoms with Gasteiger partial charge in [0.1, 0.15) is 11.2 Å². The highest BCUT2D eigenvalue weighted by Gasteiger charge is 2.37. The number of imidazole rings is 1. The lowest BCUT2D eigenvalue weighted by molar-refractivity contribution is -0.128. The molecule has 4 rings (SSSR count). The first-order chi connectivity index (χ1) is 16.1. The third kappa shape index (κ3) is 4.62. The van der Waals surface area contributed by atoms with Gasteiger partial charge in [0.15, 0.2) is 17.3 Å². The summed E-state index contributed by atoms with van der Waals surface area (Å²) in [5.74, 6) is -1.61. The van der Waals surface area contributed by atoms with Gasteiger partial charge in [-0.2, -0.15) is 4.98 Å². The second-order valence-electron chi connectivity index (χ2n) is 8.96. The number of hydrogen-bond donors (Lipinski definition) is 4. The Hall–Kier alpha value is -3.05. The van der Waals surface area contributed by atoms with Crippen LogP contribution in [0.1, 0.15) is 45.6 Å². The fourth-order valence-electron chi connectivity index (χ4n) is 4.18. The van der Waals surface area contributed by atoms with Crippen LogP contribution in [0.5, 0.6) is 0 Å². The number of fused-ring (bicyclic) bond motifs is 1. The molecule has 1 aliphatic carbocycles. The van der Waals surface area contributed by atoms with Gasteiger partial charge in [0, 0.05) is 22.5 Å². The van der Waals surface area contributed by atoms with Crippen molar-refractivity contribution in [3.8, 4) is 0 Å². The Labute approximate surface area is 199 Å². The molecule has 34 heavy (non-hydrogen) atoms. The zero-order chi connectivity index (χ0) is 24.6. The van der Waals surface area contributed by atoms with Crippen molar-refractivity contribution in [2.24, 2.45) is 11.1 Å². The molecule has 1 atom stereocenters. The van der Waals surface area contributed by atoms with E-state index in [2.05, 4.69) is 25.6 Å². The van der Waals surface area contributed by atoms with Gasteiger partial charge in [-0.3, -0.25) is 9.36 Å². The van der Waals surface area contributed by atoms with Crippen LogP contribution in [0.3, 0.4) is 0 Å². The molecule has 0 aliphatic heterocycles. The molecule has 1 amide bonds. The molecule has 9 nitrogen and oxygen atoms in total. The summed E-state index contributed by atoms with van der Waals surface area (Å²) in [6, 6.07) is 1.58. The second-order valence-corrected chi connectivity index (χ2v) is 9.40. The van der Waals surface area contributed by atoms with Gasteiger partial charge in [0.2, 0.25) is 17.8 Å². The van der Waals surface area contributed by atoms with Crippen molar-refractivity contribution in [2.45, 2.75) is 51.6 Å². The standard InChI is InChI=1S/C22H26ClF2N7O2/c1-11(10-33)28-20-27-9-16-18(31-20)32(13-3-5-22(2,6-4-13)19(26)34)21(29-16)30-17-14(24)7-12(23)8-15(17)25/h7-9,11,13,33H,3-6,10H2,1-2H3,(H2,26,34)(H,29,30)(H,27,28,31)/t11-,13?,22?/m0/s1. The molecule has 182 valence electrons. The molecule has 1 saturated carbocycles. The molecular weight excluding hydrogens is 468 g/mol. The highest BCUT2D eigenvalue weighted by atomic mass is 35.5. The number of carbonyl (C=O) groups excluding carboxylic acids is 1. The van der Waals surface area contributed by atoms with Gasteiger partial charge in [-0.05, 0) is 44.7 Å². The molecule has 2 heterocycles. The normalized spacial score (nSPS) is 21.4. The monoisotopic (exact) mass is 493 g/mol. The van der Waals surface area contributed by atoms with E-state index in [9.17, 15) is 18.7 Å². The summed E-state index contributed by atoms with van der Waals surface area (Å²) in [6.07, 6.45) is 3.78. The Morgan fingerprint density at radius 2 is 1.97 bits per heavy atom. The Morgan fingerprint density at radius 3 is 2.56 bits per heavy atom. The van der Waals surface area contributed by atoms with Gasteiger partial charge >= 0.3 is 0 Å². The molecule has 1 aliphatic rings. The number of nitrogens with zero attached hydrogens (tertiary/aromatic N) is 4. The number of rotatable bonds is 7. The zero-order valence-corrected chi connectivity index (χ0v) is 19.5. The van der Waals surface area contributed by atoms with E-state index in [0.29, 0.717) is 36.8 Å². The van der Waals surface area contributed by atoms with Crippen LogP contribution in [0.4, 0.5) is 26.4 Å².